The van der Waals surface area contributed by atoms with E-state index in [4.69, 9.17) is 4.74 Å². The third kappa shape index (κ3) is 4.07. The van der Waals surface area contributed by atoms with Gasteiger partial charge in [-0.1, -0.05) is 30.3 Å². The summed E-state index contributed by atoms with van der Waals surface area (Å²) in [5.74, 6) is 0.795. The molecule has 1 aromatic heterocycles. The molecule has 2 aromatic carbocycles. The number of ether oxygens (including phenoxy) is 1. The van der Waals surface area contributed by atoms with Crippen LogP contribution in [-0.2, 0) is 11.2 Å². The predicted octanol–water partition coefficient (Wildman–Crippen LogP) is 3.97. The monoisotopic (exact) mass is 335 g/mol. The standard InChI is InChI=1S/C20H21N3O2/c1-14-20(22-13-21-14)16-7-10-17(11-8-16)23-19(24)12-9-15-5-3-4-6-18(15)25-2/h3-8,10-11,13H,9,12H2,1-2H3,(H,21,22)(H,23,24). The lowest BCUT2D eigenvalue weighted by molar-refractivity contribution is -0.116. The van der Waals surface area contributed by atoms with Gasteiger partial charge in [-0.15, -0.1) is 0 Å². The summed E-state index contributed by atoms with van der Waals surface area (Å²) < 4.78 is 5.31. The fourth-order valence-electron chi connectivity index (χ4n) is 2.74. The first kappa shape index (κ1) is 16.8. The minimum atomic E-state index is -0.0189. The Morgan fingerprint density at radius 2 is 1.92 bits per heavy atom. The number of imidazole rings is 1. The van der Waals surface area contributed by atoms with Crippen LogP contribution in [0.3, 0.4) is 0 Å². The molecule has 0 spiro atoms. The fraction of sp³-hybridized carbons (Fsp3) is 0.200. The maximum Gasteiger partial charge on any atom is 0.224 e. The van der Waals surface area contributed by atoms with E-state index < -0.39 is 0 Å². The van der Waals surface area contributed by atoms with Crippen molar-refractivity contribution in [3.63, 3.8) is 0 Å². The number of anilines is 1. The highest BCUT2D eigenvalue weighted by Crippen LogP contribution is 2.22. The summed E-state index contributed by atoms with van der Waals surface area (Å²) >= 11 is 0. The highest BCUT2D eigenvalue weighted by molar-refractivity contribution is 5.91. The van der Waals surface area contributed by atoms with Gasteiger partial charge in [0.05, 0.1) is 19.1 Å². The van der Waals surface area contributed by atoms with Crippen LogP contribution in [0, 0.1) is 6.92 Å². The summed E-state index contributed by atoms with van der Waals surface area (Å²) in [5, 5.41) is 2.93. The molecule has 25 heavy (non-hydrogen) atoms. The van der Waals surface area contributed by atoms with Crippen LogP contribution in [0.2, 0.25) is 0 Å². The lowest BCUT2D eigenvalue weighted by Gasteiger charge is -2.09. The summed E-state index contributed by atoms with van der Waals surface area (Å²) in [5.41, 5.74) is 4.78. The topological polar surface area (TPSA) is 67.0 Å². The number of aromatic nitrogens is 2. The first-order valence-corrected chi connectivity index (χ1v) is 8.19. The van der Waals surface area contributed by atoms with Crippen molar-refractivity contribution in [3.8, 4) is 17.0 Å². The normalized spacial score (nSPS) is 10.5. The molecule has 0 saturated carbocycles. The number of para-hydroxylation sites is 1. The summed E-state index contributed by atoms with van der Waals surface area (Å²) in [6.45, 7) is 1.98. The van der Waals surface area contributed by atoms with Gasteiger partial charge in [0.25, 0.3) is 0 Å². The number of aryl methyl sites for hydroxylation is 2. The molecule has 0 atom stereocenters. The summed E-state index contributed by atoms with van der Waals surface area (Å²) in [4.78, 5) is 19.5. The maximum absolute atomic E-state index is 12.2. The van der Waals surface area contributed by atoms with Gasteiger partial charge in [0, 0.05) is 23.4 Å². The van der Waals surface area contributed by atoms with Crippen LogP contribution in [0.25, 0.3) is 11.3 Å². The van der Waals surface area contributed by atoms with E-state index in [-0.39, 0.29) is 5.91 Å². The first-order valence-electron chi connectivity index (χ1n) is 8.19. The van der Waals surface area contributed by atoms with Gasteiger partial charge in [-0.05, 0) is 37.1 Å². The van der Waals surface area contributed by atoms with Crippen molar-refractivity contribution in [3.05, 3.63) is 66.1 Å². The Hall–Kier alpha value is -3.08. The Labute approximate surface area is 147 Å². The Balaban J connectivity index is 1.59. The zero-order valence-corrected chi connectivity index (χ0v) is 14.4. The molecule has 3 aromatic rings. The molecule has 3 rings (SSSR count). The van der Waals surface area contributed by atoms with Crippen LogP contribution in [0.1, 0.15) is 17.7 Å². The lowest BCUT2D eigenvalue weighted by atomic mass is 10.1. The van der Waals surface area contributed by atoms with Crippen LogP contribution < -0.4 is 10.1 Å². The largest absolute Gasteiger partial charge is 0.496 e. The van der Waals surface area contributed by atoms with Crippen molar-refractivity contribution in [1.82, 2.24) is 9.97 Å². The molecule has 0 aliphatic carbocycles. The number of aromatic amines is 1. The molecule has 0 fully saturated rings. The van der Waals surface area contributed by atoms with E-state index in [0.717, 1.165) is 34.0 Å². The summed E-state index contributed by atoms with van der Waals surface area (Å²) in [6.07, 6.45) is 2.72. The van der Waals surface area contributed by atoms with Crippen molar-refractivity contribution in [2.24, 2.45) is 0 Å². The highest BCUT2D eigenvalue weighted by Gasteiger charge is 2.08. The fourth-order valence-corrected chi connectivity index (χ4v) is 2.74. The molecule has 5 heteroatoms. The predicted molar refractivity (Wildman–Crippen MR) is 98.7 cm³/mol. The number of hydrogen-bond acceptors (Lipinski definition) is 3. The molecule has 128 valence electrons. The zero-order valence-electron chi connectivity index (χ0n) is 14.4. The summed E-state index contributed by atoms with van der Waals surface area (Å²) in [6, 6.07) is 15.5. The number of carbonyl (C=O) groups excluding carboxylic acids is 1. The Morgan fingerprint density at radius 3 is 2.60 bits per heavy atom. The number of H-pyrrole nitrogens is 1. The third-order valence-corrected chi connectivity index (χ3v) is 4.09. The third-order valence-electron chi connectivity index (χ3n) is 4.09. The number of methoxy groups -OCH3 is 1. The average molecular weight is 335 g/mol. The second-order valence-corrected chi connectivity index (χ2v) is 5.81. The van der Waals surface area contributed by atoms with Gasteiger partial charge >= 0.3 is 0 Å². The molecule has 1 amide bonds. The van der Waals surface area contributed by atoms with E-state index in [9.17, 15) is 4.79 Å². The van der Waals surface area contributed by atoms with E-state index in [1.54, 1.807) is 13.4 Å². The molecule has 1 heterocycles. The first-order chi connectivity index (χ1) is 12.2. The van der Waals surface area contributed by atoms with Gasteiger partial charge in [-0.2, -0.15) is 0 Å². The van der Waals surface area contributed by atoms with E-state index in [0.29, 0.717) is 12.8 Å². The number of hydrogen-bond donors (Lipinski definition) is 2. The highest BCUT2D eigenvalue weighted by atomic mass is 16.5. The van der Waals surface area contributed by atoms with Crippen molar-refractivity contribution >= 4 is 11.6 Å². The quantitative estimate of drug-likeness (QED) is 0.716. The smallest absolute Gasteiger partial charge is 0.224 e. The number of nitrogens with zero attached hydrogens (tertiary/aromatic N) is 1. The second kappa shape index (κ2) is 7.66. The van der Waals surface area contributed by atoms with Crippen molar-refractivity contribution in [1.29, 1.82) is 0 Å². The van der Waals surface area contributed by atoms with E-state index in [1.165, 1.54) is 0 Å². The Kier molecular flexibility index (Phi) is 5.14. The molecule has 0 aliphatic rings. The molecular formula is C20H21N3O2. The average Bonchev–Trinajstić information content (AvgIpc) is 3.07. The molecule has 2 N–H and O–H groups in total. The molecule has 0 unspecified atom stereocenters. The summed E-state index contributed by atoms with van der Waals surface area (Å²) in [7, 11) is 1.64. The zero-order chi connectivity index (χ0) is 17.6. The van der Waals surface area contributed by atoms with Crippen LogP contribution in [0.4, 0.5) is 5.69 Å². The number of amides is 1. The lowest BCUT2D eigenvalue weighted by Crippen LogP contribution is -2.12. The minimum absolute atomic E-state index is 0.0189. The van der Waals surface area contributed by atoms with Gasteiger partial charge < -0.3 is 15.0 Å². The van der Waals surface area contributed by atoms with Crippen LogP contribution in [0.5, 0.6) is 5.75 Å². The van der Waals surface area contributed by atoms with Crippen LogP contribution in [-0.4, -0.2) is 23.0 Å². The van der Waals surface area contributed by atoms with Crippen molar-refractivity contribution in [2.75, 3.05) is 12.4 Å². The van der Waals surface area contributed by atoms with Crippen LogP contribution in [0.15, 0.2) is 54.9 Å². The van der Waals surface area contributed by atoms with E-state index >= 15 is 0 Å². The molecule has 0 saturated heterocycles. The van der Waals surface area contributed by atoms with E-state index in [1.807, 2.05) is 55.5 Å². The SMILES string of the molecule is COc1ccccc1CCC(=O)Nc1ccc(-c2nc[nH]c2C)cc1. The number of carbonyl (C=O) groups is 1. The van der Waals surface area contributed by atoms with Gasteiger partial charge in [0.1, 0.15) is 5.75 Å². The van der Waals surface area contributed by atoms with E-state index in [2.05, 4.69) is 15.3 Å². The van der Waals surface area contributed by atoms with Gasteiger partial charge in [-0.3, -0.25) is 4.79 Å². The number of rotatable bonds is 6. The van der Waals surface area contributed by atoms with Crippen molar-refractivity contribution < 1.29 is 9.53 Å². The van der Waals surface area contributed by atoms with Gasteiger partial charge in [0.2, 0.25) is 5.91 Å². The van der Waals surface area contributed by atoms with Gasteiger partial charge in [-0.25, -0.2) is 4.98 Å². The molecule has 0 radical (unpaired) electrons. The van der Waals surface area contributed by atoms with Gasteiger partial charge in [0.15, 0.2) is 0 Å². The second-order valence-electron chi connectivity index (χ2n) is 5.81. The molecular weight excluding hydrogens is 314 g/mol. The number of benzene rings is 2. The van der Waals surface area contributed by atoms with Crippen molar-refractivity contribution in [2.45, 2.75) is 19.8 Å². The number of nitrogens with one attached hydrogen (secondary N) is 2. The maximum atomic E-state index is 12.2. The molecule has 0 bridgehead atoms. The molecule has 5 nitrogen and oxygen atoms in total. The molecule has 0 aliphatic heterocycles. The Bertz CT molecular complexity index is 853. The Morgan fingerprint density at radius 1 is 1.16 bits per heavy atom. The minimum Gasteiger partial charge on any atom is -0.496 e. The van der Waals surface area contributed by atoms with Crippen LogP contribution >= 0.6 is 0 Å².